The van der Waals surface area contributed by atoms with Crippen molar-refractivity contribution in [2.75, 3.05) is 20.3 Å². The van der Waals surface area contributed by atoms with Gasteiger partial charge in [-0.3, -0.25) is 0 Å². The molecule has 0 radical (unpaired) electrons. The van der Waals surface area contributed by atoms with Gasteiger partial charge >= 0.3 is 0 Å². The van der Waals surface area contributed by atoms with Gasteiger partial charge < -0.3 is 14.8 Å². The molecule has 0 heterocycles. The van der Waals surface area contributed by atoms with Gasteiger partial charge in [-0.15, -0.1) is 0 Å². The van der Waals surface area contributed by atoms with Crippen LogP contribution in [0.15, 0.2) is 18.2 Å². The van der Waals surface area contributed by atoms with Crippen LogP contribution in [0, 0.1) is 6.92 Å². The third kappa shape index (κ3) is 4.84. The molecule has 0 spiro atoms. The smallest absolute Gasteiger partial charge is 0.122 e. The van der Waals surface area contributed by atoms with Crippen LogP contribution in [-0.4, -0.2) is 32.4 Å². The summed E-state index contributed by atoms with van der Waals surface area (Å²) in [4.78, 5) is 0. The van der Waals surface area contributed by atoms with E-state index in [1.807, 2.05) is 13.0 Å². The summed E-state index contributed by atoms with van der Waals surface area (Å²) < 4.78 is 11.2. The van der Waals surface area contributed by atoms with Crippen molar-refractivity contribution in [2.45, 2.75) is 46.3 Å². The van der Waals surface area contributed by atoms with Gasteiger partial charge in [-0.1, -0.05) is 24.6 Å². The monoisotopic (exact) mass is 265 g/mol. The molecule has 1 aromatic carbocycles. The Morgan fingerprint density at radius 3 is 2.58 bits per heavy atom. The molecule has 1 N–H and O–H groups in total. The van der Waals surface area contributed by atoms with E-state index in [0.29, 0.717) is 6.04 Å². The predicted molar refractivity (Wildman–Crippen MR) is 80.0 cm³/mol. The lowest BCUT2D eigenvalue weighted by molar-refractivity contribution is 0.0479. The average Bonchev–Trinajstić information content (AvgIpc) is 2.39. The topological polar surface area (TPSA) is 30.5 Å². The Morgan fingerprint density at radius 1 is 1.26 bits per heavy atom. The van der Waals surface area contributed by atoms with E-state index in [9.17, 15) is 0 Å². The Balaban J connectivity index is 2.85. The lowest BCUT2D eigenvalue weighted by Crippen LogP contribution is -2.41. The maximum absolute atomic E-state index is 5.73. The first-order valence-corrected chi connectivity index (χ1v) is 7.10. The summed E-state index contributed by atoms with van der Waals surface area (Å²) in [5, 5.41) is 3.51. The van der Waals surface area contributed by atoms with Gasteiger partial charge in [0.1, 0.15) is 5.75 Å². The lowest BCUT2D eigenvalue weighted by Gasteiger charge is -2.25. The summed E-state index contributed by atoms with van der Waals surface area (Å²) in [6.45, 7) is 10.1. The molecule has 2 atom stereocenters. The average molecular weight is 265 g/mol. The molecule has 0 saturated heterocycles. The van der Waals surface area contributed by atoms with Crippen LogP contribution in [0.25, 0.3) is 0 Å². The highest BCUT2D eigenvalue weighted by Crippen LogP contribution is 2.22. The molecule has 0 aliphatic rings. The number of methoxy groups -OCH3 is 1. The van der Waals surface area contributed by atoms with E-state index in [-0.39, 0.29) is 6.10 Å². The van der Waals surface area contributed by atoms with Crippen molar-refractivity contribution in [3.63, 3.8) is 0 Å². The van der Waals surface area contributed by atoms with E-state index >= 15 is 0 Å². The first kappa shape index (κ1) is 16.0. The highest BCUT2D eigenvalue weighted by atomic mass is 16.5. The Bertz CT molecular complexity index is 379. The summed E-state index contributed by atoms with van der Waals surface area (Å²) in [7, 11) is 1.72. The number of aryl methyl sites for hydroxylation is 1. The summed E-state index contributed by atoms with van der Waals surface area (Å²) in [6, 6.07) is 6.62. The second kappa shape index (κ2) is 8.18. The standard InChI is InChI=1S/C16H27NO2/c1-6-17-15(13(4)19-7-2)11-14-10-12(3)8-9-16(14)18-5/h8-10,13,15,17H,6-7,11H2,1-5H3. The summed E-state index contributed by atoms with van der Waals surface area (Å²) in [6.07, 6.45) is 1.11. The second-order valence-corrected chi connectivity index (χ2v) is 4.84. The molecule has 0 amide bonds. The van der Waals surface area contributed by atoms with Crippen LogP contribution < -0.4 is 10.1 Å². The van der Waals surface area contributed by atoms with Gasteiger partial charge in [0.05, 0.1) is 13.2 Å². The Kier molecular flexibility index (Phi) is 6.89. The molecular formula is C16H27NO2. The minimum Gasteiger partial charge on any atom is -0.496 e. The highest BCUT2D eigenvalue weighted by Gasteiger charge is 2.18. The van der Waals surface area contributed by atoms with Gasteiger partial charge in [-0.25, -0.2) is 0 Å². The number of hydrogen-bond acceptors (Lipinski definition) is 3. The maximum atomic E-state index is 5.73. The van der Waals surface area contributed by atoms with Crippen molar-refractivity contribution in [3.8, 4) is 5.75 Å². The Morgan fingerprint density at radius 2 is 2.00 bits per heavy atom. The van der Waals surface area contributed by atoms with Crippen molar-refractivity contribution >= 4 is 0 Å². The van der Waals surface area contributed by atoms with Crippen molar-refractivity contribution in [3.05, 3.63) is 29.3 Å². The third-order valence-corrected chi connectivity index (χ3v) is 3.34. The lowest BCUT2D eigenvalue weighted by atomic mass is 9.99. The number of nitrogens with one attached hydrogen (secondary N) is 1. The van der Waals surface area contributed by atoms with E-state index in [1.54, 1.807) is 7.11 Å². The SMILES string of the molecule is CCNC(Cc1cc(C)ccc1OC)C(C)OCC. The van der Waals surface area contributed by atoms with E-state index in [4.69, 9.17) is 9.47 Å². The summed E-state index contributed by atoms with van der Waals surface area (Å²) in [5.74, 6) is 0.956. The Hall–Kier alpha value is -1.06. The van der Waals surface area contributed by atoms with Crippen molar-refractivity contribution < 1.29 is 9.47 Å². The molecule has 3 nitrogen and oxygen atoms in total. The van der Waals surface area contributed by atoms with E-state index in [2.05, 4.69) is 38.2 Å². The molecule has 19 heavy (non-hydrogen) atoms. The molecule has 0 fully saturated rings. The molecule has 0 aliphatic heterocycles. The molecule has 2 unspecified atom stereocenters. The second-order valence-electron chi connectivity index (χ2n) is 4.84. The zero-order valence-electron chi connectivity index (χ0n) is 12.8. The van der Waals surface area contributed by atoms with Crippen molar-refractivity contribution in [2.24, 2.45) is 0 Å². The fourth-order valence-corrected chi connectivity index (χ4v) is 2.35. The van der Waals surface area contributed by atoms with Crippen LogP contribution in [0.1, 0.15) is 31.9 Å². The van der Waals surface area contributed by atoms with Crippen LogP contribution in [0.4, 0.5) is 0 Å². The number of rotatable bonds is 8. The first-order chi connectivity index (χ1) is 9.12. The third-order valence-electron chi connectivity index (χ3n) is 3.34. The van der Waals surface area contributed by atoms with Gasteiger partial charge in [0.2, 0.25) is 0 Å². The number of hydrogen-bond donors (Lipinski definition) is 1. The number of benzene rings is 1. The molecule has 108 valence electrons. The largest absolute Gasteiger partial charge is 0.496 e. The van der Waals surface area contributed by atoms with Crippen LogP contribution >= 0.6 is 0 Å². The molecule has 0 bridgehead atoms. The van der Waals surface area contributed by atoms with Gasteiger partial charge in [-0.05, 0) is 45.4 Å². The molecular weight excluding hydrogens is 238 g/mol. The predicted octanol–water partition coefficient (Wildman–Crippen LogP) is 2.95. The highest BCUT2D eigenvalue weighted by molar-refractivity contribution is 5.37. The minimum atomic E-state index is 0.190. The molecule has 0 saturated carbocycles. The molecule has 0 aromatic heterocycles. The quantitative estimate of drug-likeness (QED) is 0.784. The molecule has 3 heteroatoms. The summed E-state index contributed by atoms with van der Waals surface area (Å²) >= 11 is 0. The zero-order valence-corrected chi connectivity index (χ0v) is 12.8. The number of ether oxygens (including phenoxy) is 2. The summed E-state index contributed by atoms with van der Waals surface area (Å²) in [5.41, 5.74) is 2.50. The van der Waals surface area contributed by atoms with Gasteiger partial charge in [-0.2, -0.15) is 0 Å². The van der Waals surface area contributed by atoms with E-state index < -0.39 is 0 Å². The van der Waals surface area contributed by atoms with Crippen LogP contribution in [0.5, 0.6) is 5.75 Å². The number of likely N-dealkylation sites (N-methyl/N-ethyl adjacent to an activating group) is 1. The minimum absolute atomic E-state index is 0.190. The van der Waals surface area contributed by atoms with Crippen molar-refractivity contribution in [1.29, 1.82) is 0 Å². The fraction of sp³-hybridized carbons (Fsp3) is 0.625. The van der Waals surface area contributed by atoms with Crippen LogP contribution in [-0.2, 0) is 11.2 Å². The Labute approximate surface area is 117 Å². The van der Waals surface area contributed by atoms with Crippen molar-refractivity contribution in [1.82, 2.24) is 5.32 Å². The fourth-order valence-electron chi connectivity index (χ4n) is 2.35. The van der Waals surface area contributed by atoms with Crippen LogP contribution in [0.2, 0.25) is 0 Å². The molecule has 1 rings (SSSR count). The molecule has 0 aliphatic carbocycles. The van der Waals surface area contributed by atoms with Gasteiger partial charge in [0.15, 0.2) is 0 Å². The maximum Gasteiger partial charge on any atom is 0.122 e. The van der Waals surface area contributed by atoms with E-state index in [0.717, 1.165) is 25.3 Å². The first-order valence-electron chi connectivity index (χ1n) is 7.10. The van der Waals surface area contributed by atoms with Gasteiger partial charge in [0, 0.05) is 12.6 Å². The van der Waals surface area contributed by atoms with Gasteiger partial charge in [0.25, 0.3) is 0 Å². The van der Waals surface area contributed by atoms with E-state index in [1.165, 1.54) is 11.1 Å². The molecule has 1 aromatic rings. The zero-order chi connectivity index (χ0) is 14.3. The van der Waals surface area contributed by atoms with Crippen LogP contribution in [0.3, 0.4) is 0 Å². The normalized spacial score (nSPS) is 14.2.